The minimum absolute atomic E-state index is 0.0220. The zero-order valence-electron chi connectivity index (χ0n) is 21.8. The zero-order valence-corrected chi connectivity index (χ0v) is 21.8. The van der Waals surface area contributed by atoms with Crippen LogP contribution in [0.2, 0.25) is 0 Å². The van der Waals surface area contributed by atoms with Gasteiger partial charge >= 0.3 is 6.09 Å². The Bertz CT molecular complexity index is 1430. The Morgan fingerprint density at radius 2 is 1.97 bits per heavy atom. The van der Waals surface area contributed by atoms with E-state index >= 15 is 0 Å². The Morgan fingerprint density at radius 3 is 2.68 bits per heavy atom. The van der Waals surface area contributed by atoms with Gasteiger partial charge in [-0.1, -0.05) is 18.2 Å². The number of carbonyl (C=O) groups is 1. The third kappa shape index (κ3) is 6.15. The Labute approximate surface area is 220 Å². The predicted molar refractivity (Wildman–Crippen MR) is 142 cm³/mol. The summed E-state index contributed by atoms with van der Waals surface area (Å²) in [5.74, 6) is 0.164. The summed E-state index contributed by atoms with van der Waals surface area (Å²) in [6.45, 7) is 9.53. The molecule has 0 spiro atoms. The molecule has 4 heterocycles. The molecular formula is C28H31FN6O3. The minimum Gasteiger partial charge on any atom is -0.444 e. The van der Waals surface area contributed by atoms with Crippen molar-refractivity contribution in [2.75, 3.05) is 26.3 Å². The van der Waals surface area contributed by atoms with E-state index in [1.165, 1.54) is 6.07 Å². The standard InChI is InChI=1S/C28H31FN6O3/c1-28(2,3)38-27(36)32-16-20-6-5-19(14-22(20)29)21-8-9-30-26-24(21)33-25(34-26)23-7-4-18(15-31-23)17-35-10-12-37-13-11-35/h4-9,14-15H,10-13,16-17H2,1-3H3,(H,32,36)(H,30,33,34). The number of hydrogen-bond donors (Lipinski definition) is 2. The molecule has 3 aromatic heterocycles. The number of halogens is 1. The van der Waals surface area contributed by atoms with Crippen LogP contribution in [0.3, 0.4) is 0 Å². The van der Waals surface area contributed by atoms with Gasteiger partial charge in [0.1, 0.15) is 17.1 Å². The second-order valence-electron chi connectivity index (χ2n) is 10.2. The first kappa shape index (κ1) is 25.7. The SMILES string of the molecule is CC(C)(C)OC(=O)NCc1ccc(-c2ccnc3nc(-c4ccc(CN5CCOCC5)cn4)[nH]c23)cc1F. The van der Waals surface area contributed by atoms with Crippen LogP contribution >= 0.6 is 0 Å². The van der Waals surface area contributed by atoms with Crippen molar-refractivity contribution in [2.45, 2.75) is 39.5 Å². The number of carbonyl (C=O) groups excluding carboxylic acids is 1. The largest absolute Gasteiger partial charge is 0.444 e. The van der Waals surface area contributed by atoms with E-state index in [1.807, 2.05) is 24.4 Å². The molecule has 1 fully saturated rings. The molecule has 0 atom stereocenters. The molecular weight excluding hydrogens is 487 g/mol. The molecule has 0 saturated carbocycles. The average Bonchev–Trinajstić information content (AvgIpc) is 3.33. The first-order chi connectivity index (χ1) is 18.2. The van der Waals surface area contributed by atoms with Crippen molar-refractivity contribution < 1.29 is 18.7 Å². The Kier molecular flexibility index (Phi) is 7.35. The molecule has 5 rings (SSSR count). The number of hydrogen-bond acceptors (Lipinski definition) is 7. The molecule has 0 bridgehead atoms. The maximum absolute atomic E-state index is 14.9. The molecule has 9 nitrogen and oxygen atoms in total. The van der Waals surface area contributed by atoms with Gasteiger partial charge < -0.3 is 19.8 Å². The monoisotopic (exact) mass is 518 g/mol. The minimum atomic E-state index is -0.622. The molecule has 0 aliphatic carbocycles. The summed E-state index contributed by atoms with van der Waals surface area (Å²) >= 11 is 0. The lowest BCUT2D eigenvalue weighted by Crippen LogP contribution is -2.35. The molecule has 1 aliphatic heterocycles. The number of aromatic amines is 1. The maximum atomic E-state index is 14.9. The number of pyridine rings is 2. The molecule has 0 radical (unpaired) electrons. The van der Waals surface area contributed by atoms with Crippen molar-refractivity contribution >= 4 is 17.3 Å². The van der Waals surface area contributed by atoms with E-state index in [4.69, 9.17) is 9.47 Å². The Balaban J connectivity index is 1.33. The number of alkyl carbamates (subject to hydrolysis) is 1. The van der Waals surface area contributed by atoms with E-state index in [2.05, 4.69) is 36.2 Å². The van der Waals surface area contributed by atoms with Crippen LogP contribution in [-0.2, 0) is 22.6 Å². The average molecular weight is 519 g/mol. The molecule has 2 N–H and O–H groups in total. The van der Waals surface area contributed by atoms with Crippen LogP contribution in [-0.4, -0.2) is 62.8 Å². The number of amides is 1. The normalized spacial score (nSPS) is 14.5. The van der Waals surface area contributed by atoms with Gasteiger partial charge in [-0.2, -0.15) is 0 Å². The third-order valence-electron chi connectivity index (χ3n) is 6.16. The summed E-state index contributed by atoms with van der Waals surface area (Å²) in [6, 6.07) is 10.7. The van der Waals surface area contributed by atoms with Crippen LogP contribution < -0.4 is 5.32 Å². The van der Waals surface area contributed by atoms with Crippen molar-refractivity contribution in [3.8, 4) is 22.6 Å². The molecule has 1 amide bonds. The lowest BCUT2D eigenvalue weighted by atomic mass is 10.0. The van der Waals surface area contributed by atoms with Gasteiger partial charge in [-0.3, -0.25) is 9.88 Å². The smallest absolute Gasteiger partial charge is 0.407 e. The number of ether oxygens (including phenoxy) is 2. The lowest BCUT2D eigenvalue weighted by molar-refractivity contribution is 0.0341. The highest BCUT2D eigenvalue weighted by Crippen LogP contribution is 2.29. The highest BCUT2D eigenvalue weighted by atomic mass is 19.1. The summed E-state index contributed by atoms with van der Waals surface area (Å²) in [5, 5.41) is 2.59. The molecule has 38 heavy (non-hydrogen) atoms. The first-order valence-electron chi connectivity index (χ1n) is 12.6. The maximum Gasteiger partial charge on any atom is 0.407 e. The lowest BCUT2D eigenvalue weighted by Gasteiger charge is -2.26. The Hall–Kier alpha value is -3.89. The highest BCUT2D eigenvalue weighted by Gasteiger charge is 2.18. The second-order valence-corrected chi connectivity index (χ2v) is 10.2. The molecule has 1 aromatic carbocycles. The van der Waals surface area contributed by atoms with Crippen LogP contribution in [0.25, 0.3) is 33.8 Å². The van der Waals surface area contributed by atoms with Gasteiger partial charge in [-0.05, 0) is 50.1 Å². The fourth-order valence-corrected chi connectivity index (χ4v) is 4.29. The molecule has 10 heteroatoms. The first-order valence-corrected chi connectivity index (χ1v) is 12.6. The van der Waals surface area contributed by atoms with Gasteiger partial charge in [0.05, 0.1) is 18.7 Å². The van der Waals surface area contributed by atoms with Crippen LogP contribution in [0.15, 0.2) is 48.8 Å². The van der Waals surface area contributed by atoms with Crippen LogP contribution in [0.1, 0.15) is 31.9 Å². The van der Waals surface area contributed by atoms with Gasteiger partial charge in [0.15, 0.2) is 11.5 Å². The van der Waals surface area contributed by atoms with E-state index in [9.17, 15) is 9.18 Å². The number of rotatable bonds is 6. The zero-order chi connectivity index (χ0) is 26.7. The molecule has 1 aliphatic rings. The number of fused-ring (bicyclic) bond motifs is 1. The van der Waals surface area contributed by atoms with Gasteiger partial charge in [-0.15, -0.1) is 0 Å². The fourth-order valence-electron chi connectivity index (χ4n) is 4.29. The van der Waals surface area contributed by atoms with E-state index in [-0.39, 0.29) is 6.54 Å². The molecule has 0 unspecified atom stereocenters. The van der Waals surface area contributed by atoms with Crippen molar-refractivity contribution in [1.82, 2.24) is 30.2 Å². The number of aromatic nitrogens is 4. The molecule has 1 saturated heterocycles. The van der Waals surface area contributed by atoms with Crippen molar-refractivity contribution in [3.05, 3.63) is 65.7 Å². The topological polar surface area (TPSA) is 105 Å². The number of nitrogens with zero attached hydrogens (tertiary/aromatic N) is 4. The molecule has 198 valence electrons. The number of benzene rings is 1. The summed E-state index contributed by atoms with van der Waals surface area (Å²) in [5.41, 5.74) is 4.22. The second kappa shape index (κ2) is 10.8. The summed E-state index contributed by atoms with van der Waals surface area (Å²) in [7, 11) is 0. The number of imidazole rings is 1. The van der Waals surface area contributed by atoms with E-state index in [0.29, 0.717) is 33.8 Å². The van der Waals surface area contributed by atoms with Gasteiger partial charge in [0, 0.05) is 49.7 Å². The Morgan fingerprint density at radius 1 is 1.16 bits per heavy atom. The van der Waals surface area contributed by atoms with Crippen molar-refractivity contribution in [2.24, 2.45) is 0 Å². The quantitative estimate of drug-likeness (QED) is 0.382. The predicted octanol–water partition coefficient (Wildman–Crippen LogP) is 4.68. The summed E-state index contributed by atoms with van der Waals surface area (Å²) in [6.07, 6.45) is 2.92. The van der Waals surface area contributed by atoms with E-state index < -0.39 is 17.5 Å². The van der Waals surface area contributed by atoms with Gasteiger partial charge in [0.2, 0.25) is 0 Å². The van der Waals surface area contributed by atoms with E-state index in [1.54, 1.807) is 33.0 Å². The number of morpholine rings is 1. The van der Waals surface area contributed by atoms with Gasteiger partial charge in [-0.25, -0.2) is 19.2 Å². The highest BCUT2D eigenvalue weighted by molar-refractivity contribution is 5.91. The van der Waals surface area contributed by atoms with Gasteiger partial charge in [0.25, 0.3) is 0 Å². The van der Waals surface area contributed by atoms with E-state index in [0.717, 1.165) is 44.0 Å². The fraction of sp³-hybridized carbons (Fsp3) is 0.357. The van der Waals surface area contributed by atoms with Crippen LogP contribution in [0.5, 0.6) is 0 Å². The van der Waals surface area contributed by atoms with Crippen LogP contribution in [0.4, 0.5) is 9.18 Å². The summed E-state index contributed by atoms with van der Waals surface area (Å²) in [4.78, 5) is 31.2. The number of nitrogens with one attached hydrogen (secondary N) is 2. The number of H-pyrrole nitrogens is 1. The van der Waals surface area contributed by atoms with Crippen LogP contribution in [0, 0.1) is 5.82 Å². The third-order valence-corrected chi connectivity index (χ3v) is 6.16. The van der Waals surface area contributed by atoms with Crippen molar-refractivity contribution in [3.63, 3.8) is 0 Å². The molecule has 4 aromatic rings. The summed E-state index contributed by atoms with van der Waals surface area (Å²) < 4.78 is 25.6. The van der Waals surface area contributed by atoms with Crippen molar-refractivity contribution in [1.29, 1.82) is 0 Å².